The molecular formula is C9H6N2O2S. The lowest BCUT2D eigenvalue weighted by Crippen LogP contribution is -2.20. The molecule has 5 heteroatoms. The number of nitrogens with zero attached hydrogens (tertiary/aromatic N) is 1. The fraction of sp³-hybridized carbons (Fsp3) is 0. The van der Waals surface area contributed by atoms with Crippen molar-refractivity contribution in [3.63, 3.8) is 0 Å². The highest BCUT2D eigenvalue weighted by Crippen LogP contribution is 2.04. The minimum atomic E-state index is -0.955. The van der Waals surface area contributed by atoms with Crippen molar-refractivity contribution in [2.75, 3.05) is 5.32 Å². The van der Waals surface area contributed by atoms with Crippen LogP contribution in [0, 0.1) is 0 Å². The first-order valence-electron chi connectivity index (χ1n) is 3.72. The fourth-order valence-electron chi connectivity index (χ4n) is 0.798. The number of hydrogen-bond acceptors (Lipinski definition) is 3. The molecule has 1 rings (SSSR count). The molecule has 70 valence electrons. The molecule has 1 aromatic rings. The van der Waals surface area contributed by atoms with Crippen LogP contribution in [0.2, 0.25) is 0 Å². The molecule has 0 heterocycles. The highest BCUT2D eigenvalue weighted by molar-refractivity contribution is 7.78. The molecule has 0 aliphatic rings. The first-order chi connectivity index (χ1) is 6.74. The van der Waals surface area contributed by atoms with Crippen LogP contribution in [-0.2, 0) is 9.59 Å². The molecule has 0 radical (unpaired) electrons. The van der Waals surface area contributed by atoms with Gasteiger partial charge in [-0.15, -0.1) is 4.99 Å². The number of amides is 2. The zero-order valence-corrected chi connectivity index (χ0v) is 7.88. The Morgan fingerprint density at radius 3 is 2.50 bits per heavy atom. The largest absolute Gasteiger partial charge is 0.344 e. The Hall–Kier alpha value is -1.84. The summed E-state index contributed by atoms with van der Waals surface area (Å²) in [6.45, 7) is 0. The van der Waals surface area contributed by atoms with Crippen LogP contribution in [0.1, 0.15) is 0 Å². The number of carbonyl (C=O) groups excluding carboxylic acids is 2. The molecule has 0 bridgehead atoms. The number of isothiocyanates is 1. The Bertz CT molecular complexity index is 397. The summed E-state index contributed by atoms with van der Waals surface area (Å²) in [6, 6.07) is 8.59. The van der Waals surface area contributed by atoms with Gasteiger partial charge in [-0.3, -0.25) is 9.59 Å². The van der Waals surface area contributed by atoms with Crippen LogP contribution in [0.5, 0.6) is 0 Å². The maximum Gasteiger partial charge on any atom is 0.344 e. The number of benzene rings is 1. The van der Waals surface area contributed by atoms with E-state index in [-0.39, 0.29) is 0 Å². The maximum absolute atomic E-state index is 11.1. The van der Waals surface area contributed by atoms with E-state index in [1.54, 1.807) is 30.3 Å². The second kappa shape index (κ2) is 5.01. The van der Waals surface area contributed by atoms with E-state index in [2.05, 4.69) is 22.5 Å². The van der Waals surface area contributed by atoms with E-state index in [0.29, 0.717) is 5.69 Å². The van der Waals surface area contributed by atoms with Gasteiger partial charge in [0.1, 0.15) is 0 Å². The number of carbonyl (C=O) groups is 2. The maximum atomic E-state index is 11.1. The minimum Gasteiger partial charge on any atom is -0.318 e. The Kier molecular flexibility index (Phi) is 3.67. The van der Waals surface area contributed by atoms with Crippen molar-refractivity contribution in [1.82, 2.24) is 0 Å². The standard InChI is InChI=1S/C9H6N2O2S/c12-8(10-6-14)9(13)11-7-4-2-1-3-5-7/h1-5H,(H,11,13). The van der Waals surface area contributed by atoms with Gasteiger partial charge < -0.3 is 5.32 Å². The summed E-state index contributed by atoms with van der Waals surface area (Å²) in [7, 11) is 0. The summed E-state index contributed by atoms with van der Waals surface area (Å²) in [6.07, 6.45) is 0. The van der Waals surface area contributed by atoms with Crippen LogP contribution in [0.25, 0.3) is 0 Å². The molecule has 0 saturated carbocycles. The van der Waals surface area contributed by atoms with Crippen LogP contribution >= 0.6 is 12.2 Å². The van der Waals surface area contributed by atoms with Gasteiger partial charge in [0.05, 0.1) is 5.16 Å². The molecule has 0 aliphatic heterocycles. The fourth-order valence-corrected chi connectivity index (χ4v) is 0.881. The molecule has 14 heavy (non-hydrogen) atoms. The van der Waals surface area contributed by atoms with Gasteiger partial charge in [-0.25, -0.2) is 0 Å². The summed E-state index contributed by atoms with van der Waals surface area (Å²) in [4.78, 5) is 24.9. The lowest BCUT2D eigenvalue weighted by atomic mass is 10.3. The first-order valence-corrected chi connectivity index (χ1v) is 4.13. The molecule has 4 nitrogen and oxygen atoms in total. The predicted octanol–water partition coefficient (Wildman–Crippen LogP) is 1.25. The van der Waals surface area contributed by atoms with Crippen LogP contribution in [0.15, 0.2) is 35.3 Å². The summed E-state index contributed by atoms with van der Waals surface area (Å²) >= 11 is 4.19. The van der Waals surface area contributed by atoms with Crippen LogP contribution < -0.4 is 5.32 Å². The lowest BCUT2D eigenvalue weighted by Gasteiger charge is -1.99. The number of hydrogen-bond donors (Lipinski definition) is 1. The van der Waals surface area contributed by atoms with Gasteiger partial charge in [0.25, 0.3) is 0 Å². The third-order valence-electron chi connectivity index (χ3n) is 1.37. The highest BCUT2D eigenvalue weighted by atomic mass is 32.1. The average molecular weight is 206 g/mol. The monoisotopic (exact) mass is 206 g/mol. The van der Waals surface area contributed by atoms with Crippen molar-refractivity contribution < 1.29 is 9.59 Å². The molecule has 0 aromatic heterocycles. The first kappa shape index (κ1) is 10.2. The molecule has 1 aromatic carbocycles. The van der Waals surface area contributed by atoms with E-state index in [1.807, 2.05) is 5.16 Å². The van der Waals surface area contributed by atoms with Gasteiger partial charge in [0.15, 0.2) is 0 Å². The third kappa shape index (κ3) is 2.90. The second-order valence-electron chi connectivity index (χ2n) is 2.33. The molecule has 0 spiro atoms. The Balaban J connectivity index is 2.67. The molecular weight excluding hydrogens is 200 g/mol. The zero-order chi connectivity index (χ0) is 10.4. The summed E-state index contributed by atoms with van der Waals surface area (Å²) in [5, 5.41) is 4.19. The van der Waals surface area contributed by atoms with E-state index in [1.165, 1.54) is 0 Å². The summed E-state index contributed by atoms with van der Waals surface area (Å²) in [5.41, 5.74) is 0.533. The summed E-state index contributed by atoms with van der Waals surface area (Å²) < 4.78 is 0. The number of nitrogens with one attached hydrogen (secondary N) is 1. The summed E-state index contributed by atoms with van der Waals surface area (Å²) in [5.74, 6) is -1.78. The van der Waals surface area contributed by atoms with Crippen LogP contribution in [0.3, 0.4) is 0 Å². The van der Waals surface area contributed by atoms with Crippen molar-refractivity contribution in [1.29, 1.82) is 0 Å². The van der Waals surface area contributed by atoms with E-state index in [0.717, 1.165) is 0 Å². The van der Waals surface area contributed by atoms with E-state index >= 15 is 0 Å². The van der Waals surface area contributed by atoms with Crippen molar-refractivity contribution >= 4 is 34.9 Å². The van der Waals surface area contributed by atoms with Gasteiger partial charge in [0, 0.05) is 5.69 Å². The van der Waals surface area contributed by atoms with Crippen LogP contribution in [-0.4, -0.2) is 17.0 Å². The second-order valence-corrected chi connectivity index (χ2v) is 2.51. The molecule has 0 fully saturated rings. The Labute approximate surface area is 85.7 Å². The molecule has 1 N–H and O–H groups in total. The Morgan fingerprint density at radius 2 is 1.93 bits per heavy atom. The van der Waals surface area contributed by atoms with Crippen LogP contribution in [0.4, 0.5) is 5.69 Å². The van der Waals surface area contributed by atoms with E-state index < -0.39 is 11.8 Å². The van der Waals surface area contributed by atoms with Gasteiger partial charge in [-0.1, -0.05) is 18.2 Å². The minimum absolute atomic E-state index is 0.533. The van der Waals surface area contributed by atoms with Gasteiger partial charge in [0.2, 0.25) is 0 Å². The van der Waals surface area contributed by atoms with E-state index in [9.17, 15) is 9.59 Å². The Morgan fingerprint density at radius 1 is 1.29 bits per heavy atom. The number of aliphatic imine (C=N–C) groups is 1. The van der Waals surface area contributed by atoms with Gasteiger partial charge in [-0.05, 0) is 24.4 Å². The van der Waals surface area contributed by atoms with Crippen molar-refractivity contribution in [3.8, 4) is 0 Å². The predicted molar refractivity (Wildman–Crippen MR) is 55.1 cm³/mol. The van der Waals surface area contributed by atoms with E-state index in [4.69, 9.17) is 0 Å². The molecule has 0 unspecified atom stereocenters. The molecule has 0 atom stereocenters. The molecule has 2 amide bonds. The van der Waals surface area contributed by atoms with Crippen molar-refractivity contribution in [2.24, 2.45) is 4.99 Å². The normalized spacial score (nSPS) is 8.57. The zero-order valence-electron chi connectivity index (χ0n) is 7.06. The van der Waals surface area contributed by atoms with Gasteiger partial charge in [-0.2, -0.15) is 0 Å². The third-order valence-corrected chi connectivity index (χ3v) is 1.46. The van der Waals surface area contributed by atoms with Crippen molar-refractivity contribution in [2.45, 2.75) is 0 Å². The SMILES string of the molecule is O=C(N=C=S)C(=O)Nc1ccccc1. The quantitative estimate of drug-likeness (QED) is 0.427. The highest BCUT2D eigenvalue weighted by Gasteiger charge is 2.11. The smallest absolute Gasteiger partial charge is 0.318 e. The topological polar surface area (TPSA) is 58.5 Å². The van der Waals surface area contributed by atoms with Crippen molar-refractivity contribution in [3.05, 3.63) is 30.3 Å². The number of para-hydroxylation sites is 1. The molecule has 0 aliphatic carbocycles. The number of thiocarbonyl (C=S) groups is 1. The lowest BCUT2D eigenvalue weighted by molar-refractivity contribution is -0.133. The average Bonchev–Trinajstić information content (AvgIpc) is 2.19. The number of rotatable bonds is 1. The number of anilines is 1. The molecule has 0 saturated heterocycles. The van der Waals surface area contributed by atoms with Gasteiger partial charge >= 0.3 is 11.8 Å².